The predicted molar refractivity (Wildman–Crippen MR) is 143 cm³/mol. The standard InChI is InChI=1S/C25H50N6O8/c1-25(36)12-37-24(20(35)23(25)29-2)39-22-17(31-13(10-32)11-33)8-15(28)18(19(22)34)21-16(30-7-3-6-26)5-4-14(9-27)38-21/h4,13,15-24,29-36H,3,5-12,26-28H2,1-2H3/t15-,16+,17+,18?,19-,20+,21-,22-,23+,24+,25-/m0/s1. The third-order valence-corrected chi connectivity index (χ3v) is 8.12. The van der Waals surface area contributed by atoms with E-state index in [0.29, 0.717) is 31.7 Å². The molecule has 2 aliphatic heterocycles. The highest BCUT2D eigenvalue weighted by Crippen LogP contribution is 2.37. The third kappa shape index (κ3) is 7.65. The molecule has 2 heterocycles. The molecule has 0 amide bonds. The van der Waals surface area contributed by atoms with Crippen LogP contribution in [-0.4, -0.2) is 139 Å². The number of nitrogens with two attached hydrogens (primary N) is 3. The van der Waals surface area contributed by atoms with Gasteiger partial charge in [0, 0.05) is 24.0 Å². The summed E-state index contributed by atoms with van der Waals surface area (Å²) in [6.07, 6.45) is -1.46. The first-order valence-corrected chi connectivity index (χ1v) is 13.9. The van der Waals surface area contributed by atoms with Crippen molar-refractivity contribution in [2.24, 2.45) is 23.1 Å². The van der Waals surface area contributed by atoms with Crippen molar-refractivity contribution < 1.29 is 39.7 Å². The quantitative estimate of drug-likeness (QED) is 0.0946. The van der Waals surface area contributed by atoms with Crippen LogP contribution < -0.4 is 33.2 Å². The Hall–Kier alpha value is -0.980. The molecule has 3 rings (SSSR count). The molecule has 0 aromatic rings. The van der Waals surface area contributed by atoms with Gasteiger partial charge < -0.3 is 72.9 Å². The van der Waals surface area contributed by atoms with E-state index in [-0.39, 0.29) is 32.4 Å². The molecule has 14 heteroatoms. The summed E-state index contributed by atoms with van der Waals surface area (Å²) in [6, 6.07) is -2.73. The lowest BCUT2D eigenvalue weighted by Gasteiger charge is -2.51. The van der Waals surface area contributed by atoms with Crippen molar-refractivity contribution in [2.75, 3.05) is 46.5 Å². The van der Waals surface area contributed by atoms with E-state index in [0.717, 1.165) is 6.42 Å². The van der Waals surface area contributed by atoms with Crippen LogP contribution >= 0.6 is 0 Å². The monoisotopic (exact) mass is 562 g/mol. The van der Waals surface area contributed by atoms with Gasteiger partial charge in [0.2, 0.25) is 0 Å². The van der Waals surface area contributed by atoms with E-state index in [2.05, 4.69) is 16.0 Å². The van der Waals surface area contributed by atoms with Gasteiger partial charge in [-0.1, -0.05) is 0 Å². The zero-order valence-corrected chi connectivity index (χ0v) is 23.0. The molecule has 14 nitrogen and oxygen atoms in total. The van der Waals surface area contributed by atoms with Crippen molar-refractivity contribution >= 4 is 0 Å². The van der Waals surface area contributed by atoms with Crippen LogP contribution in [0.15, 0.2) is 11.8 Å². The molecule has 0 spiro atoms. The topological polar surface area (TPSA) is 243 Å². The van der Waals surface area contributed by atoms with Gasteiger partial charge in [-0.3, -0.25) is 0 Å². The Morgan fingerprint density at radius 2 is 1.90 bits per heavy atom. The molecule has 1 unspecified atom stereocenters. The predicted octanol–water partition coefficient (Wildman–Crippen LogP) is -4.61. The van der Waals surface area contributed by atoms with Crippen LogP contribution in [0.25, 0.3) is 0 Å². The van der Waals surface area contributed by atoms with Crippen molar-refractivity contribution in [3.8, 4) is 0 Å². The van der Waals surface area contributed by atoms with E-state index < -0.39 is 66.4 Å². The Bertz CT molecular complexity index is 775. The zero-order valence-electron chi connectivity index (χ0n) is 23.0. The number of aliphatic hydroxyl groups excluding tert-OH is 4. The zero-order chi connectivity index (χ0) is 28.7. The minimum atomic E-state index is -1.34. The van der Waals surface area contributed by atoms with E-state index in [4.69, 9.17) is 31.4 Å². The lowest BCUT2D eigenvalue weighted by molar-refractivity contribution is -0.298. The molecule has 2 fully saturated rings. The number of aliphatic hydroxyl groups is 5. The number of ether oxygens (including phenoxy) is 3. The van der Waals surface area contributed by atoms with E-state index in [9.17, 15) is 25.5 Å². The average Bonchev–Trinajstić information content (AvgIpc) is 2.91. The van der Waals surface area contributed by atoms with E-state index in [1.165, 1.54) is 0 Å². The first-order valence-electron chi connectivity index (χ1n) is 13.9. The van der Waals surface area contributed by atoms with Crippen LogP contribution in [0.5, 0.6) is 0 Å². The Morgan fingerprint density at radius 3 is 2.51 bits per heavy atom. The van der Waals surface area contributed by atoms with E-state index in [1.807, 2.05) is 6.08 Å². The molecule has 0 aromatic carbocycles. The van der Waals surface area contributed by atoms with Gasteiger partial charge >= 0.3 is 0 Å². The molecule has 1 aliphatic carbocycles. The maximum Gasteiger partial charge on any atom is 0.185 e. The maximum atomic E-state index is 11.8. The molecule has 11 atom stereocenters. The van der Waals surface area contributed by atoms with Gasteiger partial charge in [0.15, 0.2) is 6.29 Å². The number of likely N-dealkylation sites (N-methyl/N-ethyl adjacent to an activating group) is 1. The first-order chi connectivity index (χ1) is 18.6. The fraction of sp³-hybridized carbons (Fsp3) is 0.920. The van der Waals surface area contributed by atoms with Gasteiger partial charge in [-0.05, 0) is 52.4 Å². The number of hydrogen-bond acceptors (Lipinski definition) is 14. The van der Waals surface area contributed by atoms with Crippen molar-refractivity contribution in [2.45, 2.75) is 92.7 Å². The highest BCUT2D eigenvalue weighted by atomic mass is 16.7. The van der Waals surface area contributed by atoms with Crippen molar-refractivity contribution in [3.05, 3.63) is 11.8 Å². The summed E-state index contributed by atoms with van der Waals surface area (Å²) in [4.78, 5) is 0. The molecule has 1 saturated heterocycles. The summed E-state index contributed by atoms with van der Waals surface area (Å²) in [6.45, 7) is 2.16. The number of rotatable bonds is 13. The first kappa shape index (κ1) is 32.5. The highest BCUT2D eigenvalue weighted by molar-refractivity contribution is 5.11. The molecule has 14 N–H and O–H groups in total. The number of hydrogen-bond donors (Lipinski definition) is 11. The van der Waals surface area contributed by atoms with Crippen LogP contribution in [0.2, 0.25) is 0 Å². The van der Waals surface area contributed by atoms with E-state index >= 15 is 0 Å². The van der Waals surface area contributed by atoms with Crippen molar-refractivity contribution in [1.82, 2.24) is 16.0 Å². The minimum Gasteiger partial charge on any atom is -0.492 e. The second kappa shape index (κ2) is 14.8. The average molecular weight is 563 g/mol. The molecule has 228 valence electrons. The second-order valence-corrected chi connectivity index (χ2v) is 11.1. The molecule has 39 heavy (non-hydrogen) atoms. The van der Waals surface area contributed by atoms with Gasteiger partial charge in [0.1, 0.15) is 29.7 Å². The lowest BCUT2D eigenvalue weighted by Crippen LogP contribution is -2.70. The van der Waals surface area contributed by atoms with E-state index in [1.54, 1.807) is 14.0 Å². The largest absolute Gasteiger partial charge is 0.492 e. The van der Waals surface area contributed by atoms with Crippen LogP contribution in [0.4, 0.5) is 0 Å². The van der Waals surface area contributed by atoms with Gasteiger partial charge in [-0.2, -0.15) is 0 Å². The van der Waals surface area contributed by atoms with Crippen LogP contribution in [0.3, 0.4) is 0 Å². The smallest absolute Gasteiger partial charge is 0.185 e. The van der Waals surface area contributed by atoms with Gasteiger partial charge in [0.05, 0.1) is 44.6 Å². The van der Waals surface area contributed by atoms with Gasteiger partial charge in [0.25, 0.3) is 0 Å². The highest BCUT2D eigenvalue weighted by Gasteiger charge is 2.53. The molecular weight excluding hydrogens is 512 g/mol. The Balaban J connectivity index is 1.89. The normalized spacial score (nSPS) is 41.4. The summed E-state index contributed by atoms with van der Waals surface area (Å²) in [7, 11) is 1.62. The van der Waals surface area contributed by atoms with Crippen LogP contribution in [0, 0.1) is 5.92 Å². The molecule has 3 aliphatic rings. The van der Waals surface area contributed by atoms with Gasteiger partial charge in [-0.25, -0.2) is 0 Å². The summed E-state index contributed by atoms with van der Waals surface area (Å²) in [5, 5.41) is 62.4. The molecule has 0 radical (unpaired) electrons. The SMILES string of the molecule is CN[C@@H]1[C@@H](O)[C@@H](O[C@H]2[C@H](NC(CO)CO)C[C@H](N)C([C@H]3OC(CN)=CC[C@H]3NCCCN)[C@@H]2O)OC[C@]1(C)O. The Morgan fingerprint density at radius 1 is 1.18 bits per heavy atom. The fourth-order valence-electron chi connectivity index (χ4n) is 6.02. The number of nitrogens with one attached hydrogen (secondary N) is 3. The third-order valence-electron chi connectivity index (χ3n) is 8.12. The lowest BCUT2D eigenvalue weighted by atomic mass is 9.72. The summed E-state index contributed by atoms with van der Waals surface area (Å²) >= 11 is 0. The Labute approximate surface area is 230 Å². The van der Waals surface area contributed by atoms with Crippen LogP contribution in [0.1, 0.15) is 26.2 Å². The second-order valence-electron chi connectivity index (χ2n) is 11.1. The van der Waals surface area contributed by atoms with Gasteiger partial charge in [-0.15, -0.1) is 0 Å². The van der Waals surface area contributed by atoms with Crippen LogP contribution in [-0.2, 0) is 14.2 Å². The van der Waals surface area contributed by atoms with Crippen molar-refractivity contribution in [3.63, 3.8) is 0 Å². The molecular formula is C25H50N6O8. The molecule has 0 aromatic heterocycles. The summed E-state index contributed by atoms with van der Waals surface area (Å²) in [5.41, 5.74) is 16.9. The molecule has 1 saturated carbocycles. The fourth-order valence-corrected chi connectivity index (χ4v) is 6.02. The summed E-state index contributed by atoms with van der Waals surface area (Å²) in [5.74, 6) is 0.0177. The summed E-state index contributed by atoms with van der Waals surface area (Å²) < 4.78 is 18.2. The molecule has 0 bridgehead atoms. The minimum absolute atomic E-state index is 0.108. The van der Waals surface area contributed by atoms with Crippen molar-refractivity contribution in [1.29, 1.82) is 0 Å². The maximum absolute atomic E-state index is 11.8. The Kier molecular flexibility index (Phi) is 12.3.